The maximum absolute atomic E-state index is 5.26. The molecule has 1 aromatic rings. The van der Waals surface area contributed by atoms with Crippen molar-refractivity contribution in [2.45, 2.75) is 6.92 Å². The number of benzene rings is 1. The number of nitrogens with zero attached hydrogens (tertiary/aromatic N) is 1. The zero-order chi connectivity index (χ0) is 9.10. The summed E-state index contributed by atoms with van der Waals surface area (Å²) in [5.74, 6) is 0. The fraction of sp³-hybridized carbons (Fsp3) is 0.182. The summed E-state index contributed by atoms with van der Waals surface area (Å²) in [5, 5.41) is 0. The number of aliphatic imine (C=N–C) groups is 1. The van der Waals surface area contributed by atoms with Gasteiger partial charge in [-0.2, -0.15) is 0 Å². The van der Waals surface area contributed by atoms with Crippen molar-refractivity contribution in [3.05, 3.63) is 42.2 Å². The molecule has 0 aliphatic carbocycles. The Morgan fingerprint density at radius 1 is 1.23 bits per heavy atom. The van der Waals surface area contributed by atoms with Gasteiger partial charge in [0.15, 0.2) is 0 Å². The summed E-state index contributed by atoms with van der Waals surface area (Å²) in [7, 11) is 0. The Labute approximate surface area is 77.6 Å². The Bertz CT molecular complexity index is 352. The minimum atomic E-state index is 0.607. The summed E-state index contributed by atoms with van der Waals surface area (Å²) in [6.45, 7) is 2.58. The Balaban J connectivity index is 2.33. The standard InChI is InChI=1S/C11H11NO/c1-9-7-13-8-11(12-9)10-5-3-2-4-6-10/h2-6,8H,7H2,1H3. The molecular weight excluding hydrogens is 162 g/mol. The molecule has 0 atom stereocenters. The predicted octanol–water partition coefficient (Wildman–Crippen LogP) is 2.48. The molecular formula is C11H11NO. The fourth-order valence-corrected chi connectivity index (χ4v) is 1.25. The van der Waals surface area contributed by atoms with E-state index in [1.807, 2.05) is 37.3 Å². The molecule has 1 aliphatic rings. The summed E-state index contributed by atoms with van der Waals surface area (Å²) in [5.41, 5.74) is 3.02. The normalized spacial score (nSPS) is 15.8. The van der Waals surface area contributed by atoms with Crippen LogP contribution in [0.2, 0.25) is 0 Å². The van der Waals surface area contributed by atoms with Crippen LogP contribution in [0.3, 0.4) is 0 Å². The second-order valence-electron chi connectivity index (χ2n) is 3.03. The van der Waals surface area contributed by atoms with Crippen LogP contribution in [-0.4, -0.2) is 12.3 Å². The monoisotopic (exact) mass is 173 g/mol. The first-order valence-electron chi connectivity index (χ1n) is 4.27. The van der Waals surface area contributed by atoms with Crippen LogP contribution in [0.4, 0.5) is 0 Å². The van der Waals surface area contributed by atoms with Gasteiger partial charge in [-0.1, -0.05) is 30.3 Å². The molecule has 13 heavy (non-hydrogen) atoms. The van der Waals surface area contributed by atoms with Crippen molar-refractivity contribution in [2.24, 2.45) is 4.99 Å². The van der Waals surface area contributed by atoms with E-state index < -0.39 is 0 Å². The largest absolute Gasteiger partial charge is 0.493 e. The Hall–Kier alpha value is -1.57. The Morgan fingerprint density at radius 3 is 2.69 bits per heavy atom. The van der Waals surface area contributed by atoms with Crippen molar-refractivity contribution in [3.8, 4) is 0 Å². The number of hydrogen-bond donors (Lipinski definition) is 0. The average molecular weight is 173 g/mol. The third-order valence-electron chi connectivity index (χ3n) is 1.87. The summed E-state index contributed by atoms with van der Waals surface area (Å²) >= 11 is 0. The molecule has 0 amide bonds. The lowest BCUT2D eigenvalue weighted by molar-refractivity contribution is 0.299. The van der Waals surface area contributed by atoms with Crippen LogP contribution in [-0.2, 0) is 4.74 Å². The lowest BCUT2D eigenvalue weighted by Gasteiger charge is -2.10. The molecule has 1 aromatic carbocycles. The molecule has 0 unspecified atom stereocenters. The molecule has 0 bridgehead atoms. The molecule has 2 rings (SSSR count). The molecule has 0 N–H and O–H groups in total. The van der Waals surface area contributed by atoms with Crippen molar-refractivity contribution < 1.29 is 4.74 Å². The first-order chi connectivity index (χ1) is 6.36. The van der Waals surface area contributed by atoms with E-state index in [0.717, 1.165) is 17.0 Å². The van der Waals surface area contributed by atoms with Crippen LogP contribution in [0.1, 0.15) is 12.5 Å². The van der Waals surface area contributed by atoms with E-state index in [9.17, 15) is 0 Å². The van der Waals surface area contributed by atoms with E-state index in [2.05, 4.69) is 4.99 Å². The molecule has 2 heteroatoms. The van der Waals surface area contributed by atoms with Gasteiger partial charge in [-0.3, -0.25) is 4.99 Å². The molecule has 0 radical (unpaired) electrons. The Morgan fingerprint density at radius 2 is 2.00 bits per heavy atom. The van der Waals surface area contributed by atoms with E-state index in [1.165, 1.54) is 0 Å². The summed E-state index contributed by atoms with van der Waals surface area (Å²) in [6.07, 6.45) is 1.71. The van der Waals surface area contributed by atoms with Gasteiger partial charge >= 0.3 is 0 Å². The average Bonchev–Trinajstić information content (AvgIpc) is 2.19. The maximum atomic E-state index is 5.26. The first-order valence-corrected chi connectivity index (χ1v) is 4.27. The van der Waals surface area contributed by atoms with Crippen LogP contribution in [0.15, 0.2) is 41.6 Å². The highest BCUT2D eigenvalue weighted by Gasteiger charge is 2.05. The summed E-state index contributed by atoms with van der Waals surface area (Å²) < 4.78 is 5.26. The van der Waals surface area contributed by atoms with Gasteiger partial charge in [-0.05, 0) is 6.92 Å². The second kappa shape index (κ2) is 3.44. The third-order valence-corrected chi connectivity index (χ3v) is 1.87. The number of ether oxygens (including phenoxy) is 1. The van der Waals surface area contributed by atoms with Gasteiger partial charge in [0, 0.05) is 5.56 Å². The highest BCUT2D eigenvalue weighted by molar-refractivity contribution is 5.90. The minimum Gasteiger partial charge on any atom is -0.493 e. The van der Waals surface area contributed by atoms with Crippen LogP contribution >= 0.6 is 0 Å². The van der Waals surface area contributed by atoms with Gasteiger partial charge in [0.25, 0.3) is 0 Å². The van der Waals surface area contributed by atoms with Crippen LogP contribution in [0, 0.1) is 0 Å². The summed E-state index contributed by atoms with van der Waals surface area (Å²) in [6, 6.07) is 10.0. The molecule has 0 saturated carbocycles. The Kier molecular flexibility index (Phi) is 2.13. The lowest BCUT2D eigenvalue weighted by atomic mass is 10.2. The smallest absolute Gasteiger partial charge is 0.125 e. The van der Waals surface area contributed by atoms with Gasteiger partial charge in [0.2, 0.25) is 0 Å². The quantitative estimate of drug-likeness (QED) is 0.639. The van der Waals surface area contributed by atoms with Crippen molar-refractivity contribution >= 4 is 11.4 Å². The van der Waals surface area contributed by atoms with Gasteiger partial charge < -0.3 is 4.74 Å². The minimum absolute atomic E-state index is 0.607. The van der Waals surface area contributed by atoms with E-state index >= 15 is 0 Å². The van der Waals surface area contributed by atoms with Crippen molar-refractivity contribution in [2.75, 3.05) is 6.61 Å². The van der Waals surface area contributed by atoms with E-state index in [4.69, 9.17) is 4.74 Å². The summed E-state index contributed by atoms with van der Waals surface area (Å²) in [4.78, 5) is 4.41. The van der Waals surface area contributed by atoms with Crippen molar-refractivity contribution in [3.63, 3.8) is 0 Å². The molecule has 0 aromatic heterocycles. The second-order valence-corrected chi connectivity index (χ2v) is 3.03. The molecule has 0 spiro atoms. The highest BCUT2D eigenvalue weighted by atomic mass is 16.5. The van der Waals surface area contributed by atoms with E-state index in [-0.39, 0.29) is 0 Å². The van der Waals surface area contributed by atoms with Gasteiger partial charge in [-0.15, -0.1) is 0 Å². The van der Waals surface area contributed by atoms with Crippen LogP contribution < -0.4 is 0 Å². The molecule has 0 saturated heterocycles. The lowest BCUT2D eigenvalue weighted by Crippen LogP contribution is -2.06. The van der Waals surface area contributed by atoms with E-state index in [0.29, 0.717) is 6.61 Å². The topological polar surface area (TPSA) is 21.6 Å². The zero-order valence-electron chi connectivity index (χ0n) is 7.53. The first kappa shape index (κ1) is 8.05. The van der Waals surface area contributed by atoms with Crippen LogP contribution in [0.5, 0.6) is 0 Å². The fourth-order valence-electron chi connectivity index (χ4n) is 1.25. The SMILES string of the molecule is CC1=NC(c2ccccc2)=COC1. The maximum Gasteiger partial charge on any atom is 0.125 e. The molecule has 1 aliphatic heterocycles. The van der Waals surface area contributed by atoms with Crippen molar-refractivity contribution in [1.29, 1.82) is 0 Å². The number of hydrogen-bond acceptors (Lipinski definition) is 2. The molecule has 2 nitrogen and oxygen atoms in total. The van der Waals surface area contributed by atoms with Gasteiger partial charge in [0.1, 0.15) is 18.6 Å². The predicted molar refractivity (Wildman–Crippen MR) is 53.5 cm³/mol. The van der Waals surface area contributed by atoms with Gasteiger partial charge in [-0.25, -0.2) is 0 Å². The third kappa shape index (κ3) is 1.78. The zero-order valence-corrected chi connectivity index (χ0v) is 7.53. The van der Waals surface area contributed by atoms with E-state index in [1.54, 1.807) is 6.26 Å². The van der Waals surface area contributed by atoms with Gasteiger partial charge in [0.05, 0.1) is 5.71 Å². The van der Waals surface area contributed by atoms with Crippen LogP contribution in [0.25, 0.3) is 5.70 Å². The highest BCUT2D eigenvalue weighted by Crippen LogP contribution is 2.18. The number of rotatable bonds is 1. The molecule has 1 heterocycles. The molecule has 0 fully saturated rings. The van der Waals surface area contributed by atoms with Crippen molar-refractivity contribution in [1.82, 2.24) is 0 Å². The molecule has 66 valence electrons.